The van der Waals surface area contributed by atoms with E-state index >= 15 is 0 Å². The molecule has 3 rings (SSSR count). The summed E-state index contributed by atoms with van der Waals surface area (Å²) in [6.07, 6.45) is 4.50. The number of benzene rings is 1. The largest absolute Gasteiger partial charge is 1.00 e. The molecule has 1 aromatic carbocycles. The number of nitrogens with zero attached hydrogens (tertiary/aromatic N) is 1. The summed E-state index contributed by atoms with van der Waals surface area (Å²) in [6, 6.07) is 9.39. The Labute approximate surface area is 145 Å². The molecule has 2 nitrogen and oxygen atoms in total. The van der Waals surface area contributed by atoms with E-state index in [0.29, 0.717) is 6.04 Å². The van der Waals surface area contributed by atoms with Crippen molar-refractivity contribution in [1.29, 1.82) is 0 Å². The van der Waals surface area contributed by atoms with Crippen LogP contribution in [0.1, 0.15) is 36.9 Å². The molecule has 1 fully saturated rings. The zero-order valence-electron chi connectivity index (χ0n) is 12.1. The van der Waals surface area contributed by atoms with Gasteiger partial charge in [-0.3, -0.25) is 4.98 Å². The van der Waals surface area contributed by atoms with Crippen LogP contribution in [-0.4, -0.2) is 19.9 Å². The Kier molecular flexibility index (Phi) is 6.73. The van der Waals surface area contributed by atoms with Crippen molar-refractivity contribution in [3.05, 3.63) is 41.6 Å². The summed E-state index contributed by atoms with van der Waals surface area (Å²) in [5, 5.41) is 4.87. The van der Waals surface area contributed by atoms with E-state index in [4.69, 9.17) is 0 Å². The number of pyridine rings is 1. The Balaban J connectivity index is 0.000001000. The molecule has 1 N–H and O–H groups in total. The van der Waals surface area contributed by atoms with Gasteiger partial charge in [0.2, 0.25) is 0 Å². The predicted molar refractivity (Wildman–Crippen MR) is 87.0 cm³/mol. The second-order valence-corrected chi connectivity index (χ2v) is 5.61. The van der Waals surface area contributed by atoms with E-state index in [1.54, 1.807) is 0 Å². The minimum atomic E-state index is 0. The first-order valence-electron chi connectivity index (χ1n) is 6.82. The molecule has 0 saturated carbocycles. The third-order valence-electron chi connectivity index (χ3n) is 3.91. The first kappa shape index (κ1) is 17.7. The van der Waals surface area contributed by atoms with Gasteiger partial charge in [0.25, 0.3) is 0 Å². The van der Waals surface area contributed by atoms with Crippen LogP contribution in [0.15, 0.2) is 30.5 Å². The van der Waals surface area contributed by atoms with E-state index < -0.39 is 0 Å². The van der Waals surface area contributed by atoms with Crippen molar-refractivity contribution in [2.75, 3.05) is 6.54 Å². The molecule has 2 heterocycles. The van der Waals surface area contributed by atoms with Gasteiger partial charge in [-0.1, -0.05) is 27.5 Å². The van der Waals surface area contributed by atoms with Crippen LogP contribution < -0.4 is 34.9 Å². The third-order valence-corrected chi connectivity index (χ3v) is 3.91. The van der Waals surface area contributed by atoms with E-state index in [0.717, 1.165) is 18.0 Å². The van der Waals surface area contributed by atoms with Gasteiger partial charge in [-0.15, -0.1) is 0 Å². The zero-order chi connectivity index (χ0) is 12.5. The molecule has 0 radical (unpaired) electrons. The average molecular weight is 278 g/mol. The SMILES string of the molecule is Cc1cnc2cc(C3CCC(C)CN3)ccc2c1.[BH4-].[Na+]. The molecule has 0 aliphatic carbocycles. The molecule has 1 aromatic heterocycles. The number of nitrogens with one attached hydrogen (secondary N) is 1. The fraction of sp³-hybridized carbons (Fsp3) is 0.438. The second kappa shape index (κ2) is 7.60. The summed E-state index contributed by atoms with van der Waals surface area (Å²) >= 11 is 0. The number of rotatable bonds is 1. The Morgan fingerprint density at radius 2 is 2.00 bits per heavy atom. The number of piperidine rings is 1. The molecular formula is C16H24BN2Na. The molecule has 20 heavy (non-hydrogen) atoms. The van der Waals surface area contributed by atoms with Crippen LogP contribution in [0, 0.1) is 12.8 Å². The maximum absolute atomic E-state index is 4.52. The van der Waals surface area contributed by atoms with Crippen LogP contribution >= 0.6 is 0 Å². The summed E-state index contributed by atoms with van der Waals surface area (Å²) in [5.74, 6) is 0.808. The number of fused-ring (bicyclic) bond motifs is 1. The number of hydrogen-bond donors (Lipinski definition) is 1. The molecule has 1 saturated heterocycles. The summed E-state index contributed by atoms with van der Waals surface area (Å²) in [6.45, 7) is 5.53. The van der Waals surface area contributed by atoms with Gasteiger partial charge in [0.15, 0.2) is 0 Å². The van der Waals surface area contributed by atoms with Crippen LogP contribution in [0.25, 0.3) is 10.9 Å². The van der Waals surface area contributed by atoms with Crippen LogP contribution in [0.3, 0.4) is 0 Å². The van der Waals surface area contributed by atoms with Crippen LogP contribution in [0.5, 0.6) is 0 Å². The summed E-state index contributed by atoms with van der Waals surface area (Å²) in [7, 11) is 0. The second-order valence-electron chi connectivity index (χ2n) is 5.61. The molecule has 2 atom stereocenters. The predicted octanol–water partition coefficient (Wildman–Crippen LogP) is -0.844. The molecule has 2 aromatic rings. The number of hydrogen-bond acceptors (Lipinski definition) is 2. The number of aryl methyl sites for hydroxylation is 1. The van der Waals surface area contributed by atoms with E-state index in [1.807, 2.05) is 6.20 Å². The first-order chi connectivity index (χ1) is 8.72. The van der Waals surface area contributed by atoms with Crippen molar-refractivity contribution in [3.8, 4) is 0 Å². The fourth-order valence-electron chi connectivity index (χ4n) is 2.75. The minimum Gasteiger partial charge on any atom is -0.310 e. The van der Waals surface area contributed by atoms with Gasteiger partial charge < -0.3 is 5.32 Å². The van der Waals surface area contributed by atoms with Crippen molar-refractivity contribution in [3.63, 3.8) is 0 Å². The Morgan fingerprint density at radius 3 is 2.70 bits per heavy atom. The fourth-order valence-corrected chi connectivity index (χ4v) is 2.75. The Morgan fingerprint density at radius 1 is 1.20 bits per heavy atom. The van der Waals surface area contributed by atoms with Crippen molar-refractivity contribution < 1.29 is 29.6 Å². The molecule has 2 unspecified atom stereocenters. The van der Waals surface area contributed by atoms with Crippen LogP contribution in [-0.2, 0) is 0 Å². The summed E-state index contributed by atoms with van der Waals surface area (Å²) < 4.78 is 0. The van der Waals surface area contributed by atoms with Crippen molar-refractivity contribution in [1.82, 2.24) is 10.3 Å². The number of aromatic nitrogens is 1. The average Bonchev–Trinajstić information content (AvgIpc) is 2.39. The Hall–Kier alpha value is -0.345. The quantitative estimate of drug-likeness (QED) is 0.688. The molecule has 102 valence electrons. The van der Waals surface area contributed by atoms with Crippen LogP contribution in [0.2, 0.25) is 0 Å². The minimum absolute atomic E-state index is 0. The summed E-state index contributed by atoms with van der Waals surface area (Å²) in [4.78, 5) is 4.52. The monoisotopic (exact) mass is 278 g/mol. The maximum Gasteiger partial charge on any atom is 1.00 e. The standard InChI is InChI=1S/C16H20N2.BH4.Na/c1-11-3-6-15(17-9-11)14-5-4-13-7-12(2)10-18-16(13)8-14;;/h4-5,7-8,10-11,15,17H,3,6,9H2,1-2H3;1H4;/q;-1;+1. The molecule has 1 aliphatic rings. The topological polar surface area (TPSA) is 24.9 Å². The van der Waals surface area contributed by atoms with Gasteiger partial charge in [-0.25, -0.2) is 0 Å². The normalized spacial score (nSPS) is 21.9. The summed E-state index contributed by atoms with van der Waals surface area (Å²) in [5.41, 5.74) is 3.71. The van der Waals surface area contributed by atoms with Crippen LogP contribution in [0.4, 0.5) is 0 Å². The zero-order valence-corrected chi connectivity index (χ0v) is 14.1. The molecule has 1 aliphatic heterocycles. The van der Waals surface area contributed by atoms with Gasteiger partial charge in [0.05, 0.1) is 5.52 Å². The van der Waals surface area contributed by atoms with E-state index in [9.17, 15) is 0 Å². The maximum atomic E-state index is 4.52. The molecule has 4 heteroatoms. The molecule has 0 spiro atoms. The first-order valence-corrected chi connectivity index (χ1v) is 6.82. The van der Waals surface area contributed by atoms with Gasteiger partial charge >= 0.3 is 29.6 Å². The van der Waals surface area contributed by atoms with Gasteiger partial charge in [0.1, 0.15) is 0 Å². The van der Waals surface area contributed by atoms with Gasteiger partial charge in [-0.2, -0.15) is 0 Å². The van der Waals surface area contributed by atoms with Gasteiger partial charge in [-0.05, 0) is 55.5 Å². The van der Waals surface area contributed by atoms with E-state index in [-0.39, 0.29) is 38.0 Å². The van der Waals surface area contributed by atoms with Crippen molar-refractivity contribution >= 4 is 19.3 Å². The molecular weight excluding hydrogens is 254 g/mol. The molecule has 0 bridgehead atoms. The smallest absolute Gasteiger partial charge is 0.310 e. The van der Waals surface area contributed by atoms with Crippen molar-refractivity contribution in [2.24, 2.45) is 5.92 Å². The van der Waals surface area contributed by atoms with E-state index in [2.05, 4.69) is 48.4 Å². The van der Waals surface area contributed by atoms with E-state index in [1.165, 1.54) is 29.4 Å². The third kappa shape index (κ3) is 3.85. The Bertz CT molecular complexity index is 565. The van der Waals surface area contributed by atoms with Crippen molar-refractivity contribution in [2.45, 2.75) is 32.7 Å². The molecule has 0 amide bonds. The van der Waals surface area contributed by atoms with Gasteiger partial charge in [0, 0.05) is 17.6 Å².